The Hall–Kier alpha value is -0.710. The van der Waals surface area contributed by atoms with Gasteiger partial charge in [-0.25, -0.2) is 0 Å². The molecular formula is C12H22O4S. The highest BCUT2D eigenvalue weighted by molar-refractivity contribution is 8.00. The second-order valence-corrected chi connectivity index (χ2v) is 6.66. The molecule has 0 aliphatic carbocycles. The van der Waals surface area contributed by atoms with E-state index in [1.54, 1.807) is 13.8 Å². The van der Waals surface area contributed by atoms with Crippen LogP contribution in [0.15, 0.2) is 0 Å². The molecule has 0 aliphatic heterocycles. The van der Waals surface area contributed by atoms with Crippen molar-refractivity contribution in [3.8, 4) is 0 Å². The van der Waals surface area contributed by atoms with Gasteiger partial charge < -0.3 is 9.84 Å². The normalized spacial score (nSPS) is 15.1. The predicted molar refractivity (Wildman–Crippen MR) is 69.2 cm³/mol. The molecule has 0 saturated carbocycles. The van der Waals surface area contributed by atoms with E-state index in [0.717, 1.165) is 0 Å². The fourth-order valence-corrected chi connectivity index (χ4v) is 2.34. The van der Waals surface area contributed by atoms with E-state index in [0.29, 0.717) is 0 Å². The van der Waals surface area contributed by atoms with Crippen LogP contribution in [0.5, 0.6) is 0 Å². The van der Waals surface area contributed by atoms with Crippen LogP contribution < -0.4 is 0 Å². The first-order chi connectivity index (χ1) is 7.69. The molecular weight excluding hydrogens is 240 g/mol. The molecule has 5 heteroatoms. The van der Waals surface area contributed by atoms with E-state index in [1.165, 1.54) is 11.8 Å². The second-order valence-electron chi connectivity index (χ2n) is 4.86. The minimum Gasteiger partial charge on any atom is -0.480 e. The van der Waals surface area contributed by atoms with Gasteiger partial charge in [0.1, 0.15) is 0 Å². The number of ether oxygens (including phenoxy) is 1. The number of rotatable bonds is 6. The van der Waals surface area contributed by atoms with Crippen molar-refractivity contribution in [3.05, 3.63) is 0 Å². The highest BCUT2D eigenvalue weighted by atomic mass is 32.2. The standard InChI is InChI=1S/C12H22O4S/c1-6-12(9(13)14,10(15)16-7-2)8-17-11(3,4)5/h6-8H2,1-5H3,(H,13,14)/t12-/m1/s1. The molecule has 1 N–H and O–H groups in total. The van der Waals surface area contributed by atoms with Gasteiger partial charge in [-0.1, -0.05) is 27.7 Å². The highest BCUT2D eigenvalue weighted by Crippen LogP contribution is 2.35. The van der Waals surface area contributed by atoms with Gasteiger partial charge in [-0.2, -0.15) is 11.8 Å². The van der Waals surface area contributed by atoms with Crippen LogP contribution in [0.25, 0.3) is 0 Å². The van der Waals surface area contributed by atoms with Gasteiger partial charge in [-0.05, 0) is 13.3 Å². The van der Waals surface area contributed by atoms with Crippen molar-refractivity contribution in [3.63, 3.8) is 0 Å². The molecule has 1 atom stereocenters. The first-order valence-electron chi connectivity index (χ1n) is 5.74. The summed E-state index contributed by atoms with van der Waals surface area (Å²) in [5, 5.41) is 9.30. The molecule has 0 aromatic carbocycles. The Labute approximate surface area is 107 Å². The summed E-state index contributed by atoms with van der Waals surface area (Å²) in [6.45, 7) is 9.56. The molecule has 0 aliphatic rings. The number of carboxylic acids is 1. The largest absolute Gasteiger partial charge is 0.480 e. The number of carboxylic acid groups (broad SMARTS) is 1. The van der Waals surface area contributed by atoms with E-state index < -0.39 is 17.4 Å². The number of hydrogen-bond acceptors (Lipinski definition) is 4. The zero-order valence-electron chi connectivity index (χ0n) is 11.2. The Bertz CT molecular complexity index is 283. The summed E-state index contributed by atoms with van der Waals surface area (Å²) in [6, 6.07) is 0. The van der Waals surface area contributed by atoms with Crippen molar-refractivity contribution < 1.29 is 19.4 Å². The lowest BCUT2D eigenvalue weighted by atomic mass is 9.87. The Kier molecular flexibility index (Phi) is 6.02. The lowest BCUT2D eigenvalue weighted by Gasteiger charge is -2.28. The summed E-state index contributed by atoms with van der Waals surface area (Å²) in [5.41, 5.74) is -1.42. The number of hydrogen-bond donors (Lipinski definition) is 1. The van der Waals surface area contributed by atoms with Gasteiger partial charge in [0.05, 0.1) is 6.61 Å². The fraction of sp³-hybridized carbons (Fsp3) is 0.833. The molecule has 100 valence electrons. The number of aliphatic carboxylic acids is 1. The SMILES string of the molecule is CCOC(=O)[C@](CC)(CSC(C)(C)C)C(=O)O. The molecule has 0 fully saturated rings. The summed E-state index contributed by atoms with van der Waals surface area (Å²) in [7, 11) is 0. The van der Waals surface area contributed by atoms with Crippen LogP contribution >= 0.6 is 11.8 Å². The molecule has 0 aromatic heterocycles. The van der Waals surface area contributed by atoms with E-state index in [-0.39, 0.29) is 23.5 Å². The minimum atomic E-state index is -1.42. The van der Waals surface area contributed by atoms with E-state index >= 15 is 0 Å². The maximum Gasteiger partial charge on any atom is 0.324 e. The molecule has 4 nitrogen and oxygen atoms in total. The van der Waals surface area contributed by atoms with Crippen LogP contribution in [0.2, 0.25) is 0 Å². The van der Waals surface area contributed by atoms with E-state index in [2.05, 4.69) is 0 Å². The molecule has 0 rings (SSSR count). The zero-order chi connectivity index (χ0) is 13.7. The van der Waals surface area contributed by atoms with Crippen LogP contribution in [0.4, 0.5) is 0 Å². The summed E-state index contributed by atoms with van der Waals surface area (Å²) < 4.78 is 4.81. The number of carbonyl (C=O) groups is 2. The lowest BCUT2D eigenvalue weighted by Crippen LogP contribution is -2.43. The molecule has 0 heterocycles. The van der Waals surface area contributed by atoms with Crippen LogP contribution in [0, 0.1) is 5.41 Å². The van der Waals surface area contributed by atoms with Crippen molar-refractivity contribution in [1.82, 2.24) is 0 Å². The smallest absolute Gasteiger partial charge is 0.324 e. The van der Waals surface area contributed by atoms with Crippen molar-refractivity contribution in [1.29, 1.82) is 0 Å². The molecule has 0 saturated heterocycles. The molecule has 0 spiro atoms. The minimum absolute atomic E-state index is 0.0810. The Morgan fingerprint density at radius 2 is 1.76 bits per heavy atom. The molecule has 0 amide bonds. The van der Waals surface area contributed by atoms with Crippen LogP contribution in [-0.4, -0.2) is 34.2 Å². The Morgan fingerprint density at radius 1 is 1.24 bits per heavy atom. The summed E-state index contributed by atoms with van der Waals surface area (Å²) in [6.07, 6.45) is 0.240. The average Bonchev–Trinajstić information content (AvgIpc) is 2.17. The topological polar surface area (TPSA) is 63.6 Å². The summed E-state index contributed by atoms with van der Waals surface area (Å²) >= 11 is 1.47. The van der Waals surface area contributed by atoms with Gasteiger partial charge in [-0.3, -0.25) is 9.59 Å². The van der Waals surface area contributed by atoms with Gasteiger partial charge >= 0.3 is 11.9 Å². The maximum absolute atomic E-state index is 11.8. The van der Waals surface area contributed by atoms with Gasteiger partial charge in [-0.15, -0.1) is 0 Å². The monoisotopic (exact) mass is 262 g/mol. The third kappa shape index (κ3) is 4.58. The maximum atomic E-state index is 11.8. The number of carbonyl (C=O) groups excluding carboxylic acids is 1. The van der Waals surface area contributed by atoms with Crippen molar-refractivity contribution >= 4 is 23.7 Å². The van der Waals surface area contributed by atoms with E-state index in [1.807, 2.05) is 20.8 Å². The molecule has 17 heavy (non-hydrogen) atoms. The van der Waals surface area contributed by atoms with Crippen LogP contribution in [0.1, 0.15) is 41.0 Å². The van der Waals surface area contributed by atoms with Crippen LogP contribution in [0.3, 0.4) is 0 Å². The first kappa shape index (κ1) is 16.3. The highest BCUT2D eigenvalue weighted by Gasteiger charge is 2.46. The summed E-state index contributed by atoms with van der Waals surface area (Å²) in [5.74, 6) is -1.50. The van der Waals surface area contributed by atoms with E-state index in [4.69, 9.17) is 4.74 Å². The first-order valence-corrected chi connectivity index (χ1v) is 6.72. The van der Waals surface area contributed by atoms with Gasteiger partial charge in [0.2, 0.25) is 0 Å². The summed E-state index contributed by atoms with van der Waals surface area (Å²) in [4.78, 5) is 23.2. The lowest BCUT2D eigenvalue weighted by molar-refractivity contribution is -0.166. The molecule has 0 radical (unpaired) electrons. The van der Waals surface area contributed by atoms with Gasteiger partial charge in [0.25, 0.3) is 0 Å². The van der Waals surface area contributed by atoms with Crippen molar-refractivity contribution in [2.24, 2.45) is 5.41 Å². The van der Waals surface area contributed by atoms with Crippen molar-refractivity contribution in [2.45, 2.75) is 45.8 Å². The predicted octanol–water partition coefficient (Wildman–Crippen LogP) is 2.56. The molecule has 0 unspecified atom stereocenters. The fourth-order valence-electron chi connectivity index (χ4n) is 1.21. The third-order valence-electron chi connectivity index (χ3n) is 2.43. The Morgan fingerprint density at radius 3 is 2.06 bits per heavy atom. The number of esters is 1. The van der Waals surface area contributed by atoms with Crippen molar-refractivity contribution in [2.75, 3.05) is 12.4 Å². The third-order valence-corrected chi connectivity index (χ3v) is 3.93. The number of thioether (sulfide) groups is 1. The Balaban J connectivity index is 4.96. The van der Waals surface area contributed by atoms with Crippen LogP contribution in [-0.2, 0) is 14.3 Å². The van der Waals surface area contributed by atoms with E-state index in [9.17, 15) is 14.7 Å². The second kappa shape index (κ2) is 6.28. The van der Waals surface area contributed by atoms with Gasteiger partial charge in [0, 0.05) is 10.5 Å². The van der Waals surface area contributed by atoms with Gasteiger partial charge in [0.15, 0.2) is 5.41 Å². The quantitative estimate of drug-likeness (QED) is 0.588. The zero-order valence-corrected chi connectivity index (χ0v) is 12.0. The average molecular weight is 262 g/mol. The molecule has 0 aromatic rings. The molecule has 0 bridgehead atoms.